The number of H-pyrrole nitrogens is 1. The molecule has 1 aliphatic rings. The zero-order chi connectivity index (χ0) is 13.8. The summed E-state index contributed by atoms with van der Waals surface area (Å²) >= 11 is 0. The van der Waals surface area contributed by atoms with Crippen molar-refractivity contribution in [2.24, 2.45) is 0 Å². The maximum absolute atomic E-state index is 9.26. The summed E-state index contributed by atoms with van der Waals surface area (Å²) in [7, 11) is 0. The summed E-state index contributed by atoms with van der Waals surface area (Å²) in [4.78, 5) is 11.7. The maximum Gasteiger partial charge on any atom is 0.144 e. The van der Waals surface area contributed by atoms with Crippen molar-refractivity contribution >= 4 is 5.82 Å². The number of imidazole rings is 1. The highest BCUT2D eigenvalue weighted by molar-refractivity contribution is 5.54. The quantitative estimate of drug-likeness (QED) is 0.890. The van der Waals surface area contributed by atoms with Crippen LogP contribution in [0.4, 0.5) is 5.82 Å². The second-order valence-electron chi connectivity index (χ2n) is 5.06. The Morgan fingerprint density at radius 2 is 2.25 bits per heavy atom. The van der Waals surface area contributed by atoms with E-state index in [1.807, 2.05) is 12.3 Å². The van der Waals surface area contributed by atoms with Crippen LogP contribution in [0.1, 0.15) is 35.4 Å². The van der Waals surface area contributed by atoms with Crippen LogP contribution in [0.25, 0.3) is 0 Å². The Kier molecular flexibility index (Phi) is 3.64. The van der Waals surface area contributed by atoms with Crippen LogP contribution in [-0.2, 0) is 19.3 Å². The van der Waals surface area contributed by atoms with Crippen LogP contribution in [0.5, 0.6) is 0 Å². The van der Waals surface area contributed by atoms with E-state index in [1.165, 1.54) is 18.4 Å². The summed E-state index contributed by atoms with van der Waals surface area (Å²) in [5, 5.41) is 12.5. The highest BCUT2D eigenvalue weighted by Crippen LogP contribution is 2.24. The van der Waals surface area contributed by atoms with Gasteiger partial charge in [-0.05, 0) is 37.3 Å². The predicted molar refractivity (Wildman–Crippen MR) is 76.4 cm³/mol. The van der Waals surface area contributed by atoms with Crippen molar-refractivity contribution in [3.05, 3.63) is 41.1 Å². The third-order valence-corrected chi connectivity index (χ3v) is 3.66. The van der Waals surface area contributed by atoms with Gasteiger partial charge in [0.1, 0.15) is 11.9 Å². The average Bonchev–Trinajstić information content (AvgIpc) is 3.00. The van der Waals surface area contributed by atoms with Crippen molar-refractivity contribution in [2.75, 3.05) is 11.9 Å². The standard InChI is InChI=1S/C15H17N5/c16-8-12-7-11-3-1-2-4-14(11)20-15(12)18-6-5-13-9-17-10-19-13/h7,9-10H,1-6H2,(H,17,19)(H,18,20). The first-order valence-corrected chi connectivity index (χ1v) is 7.01. The minimum absolute atomic E-state index is 0.648. The number of aryl methyl sites for hydroxylation is 2. The molecular formula is C15H17N5. The van der Waals surface area contributed by atoms with Crippen LogP contribution in [0.15, 0.2) is 18.6 Å². The zero-order valence-electron chi connectivity index (χ0n) is 11.3. The third-order valence-electron chi connectivity index (χ3n) is 3.66. The molecule has 2 heterocycles. The molecule has 0 bridgehead atoms. The number of rotatable bonds is 4. The van der Waals surface area contributed by atoms with Crippen molar-refractivity contribution in [3.63, 3.8) is 0 Å². The molecule has 0 radical (unpaired) electrons. The molecule has 0 atom stereocenters. The number of hydrogen-bond donors (Lipinski definition) is 2. The number of nitriles is 1. The summed E-state index contributed by atoms with van der Waals surface area (Å²) in [6.45, 7) is 0.739. The van der Waals surface area contributed by atoms with Crippen molar-refractivity contribution < 1.29 is 0 Å². The van der Waals surface area contributed by atoms with E-state index in [9.17, 15) is 5.26 Å². The molecule has 5 nitrogen and oxygen atoms in total. The number of pyridine rings is 1. The fourth-order valence-electron chi connectivity index (χ4n) is 2.59. The minimum atomic E-state index is 0.648. The van der Waals surface area contributed by atoms with Crippen molar-refractivity contribution in [2.45, 2.75) is 32.1 Å². The fourth-order valence-corrected chi connectivity index (χ4v) is 2.59. The second-order valence-corrected chi connectivity index (χ2v) is 5.06. The van der Waals surface area contributed by atoms with Gasteiger partial charge in [0.15, 0.2) is 0 Å². The Morgan fingerprint density at radius 3 is 3.05 bits per heavy atom. The second kappa shape index (κ2) is 5.74. The van der Waals surface area contributed by atoms with E-state index in [-0.39, 0.29) is 0 Å². The molecule has 0 saturated heterocycles. The minimum Gasteiger partial charge on any atom is -0.369 e. The Labute approximate surface area is 118 Å². The van der Waals surface area contributed by atoms with Gasteiger partial charge in [-0.2, -0.15) is 5.26 Å². The highest BCUT2D eigenvalue weighted by atomic mass is 15.0. The molecule has 0 fully saturated rings. The first-order valence-electron chi connectivity index (χ1n) is 7.01. The van der Waals surface area contributed by atoms with Gasteiger partial charge in [-0.25, -0.2) is 9.97 Å². The number of nitrogens with one attached hydrogen (secondary N) is 2. The van der Waals surface area contributed by atoms with E-state index >= 15 is 0 Å². The van der Waals surface area contributed by atoms with E-state index in [0.29, 0.717) is 11.4 Å². The van der Waals surface area contributed by atoms with Crippen LogP contribution < -0.4 is 5.32 Å². The van der Waals surface area contributed by atoms with Crippen molar-refractivity contribution in [3.8, 4) is 6.07 Å². The highest BCUT2D eigenvalue weighted by Gasteiger charge is 2.14. The lowest BCUT2D eigenvalue weighted by Gasteiger charge is -2.17. The summed E-state index contributed by atoms with van der Waals surface area (Å²) in [6.07, 6.45) is 8.79. The first-order chi connectivity index (χ1) is 9.86. The largest absolute Gasteiger partial charge is 0.369 e. The Balaban J connectivity index is 1.73. The molecule has 5 heteroatoms. The maximum atomic E-state index is 9.26. The van der Waals surface area contributed by atoms with Gasteiger partial charge in [0.25, 0.3) is 0 Å². The summed E-state index contributed by atoms with van der Waals surface area (Å²) in [6, 6.07) is 4.24. The molecule has 3 rings (SSSR count). The third kappa shape index (κ3) is 2.64. The molecule has 0 saturated carbocycles. The molecule has 102 valence electrons. The summed E-state index contributed by atoms with van der Waals surface area (Å²) < 4.78 is 0. The van der Waals surface area contributed by atoms with Crippen LogP contribution >= 0.6 is 0 Å². The van der Waals surface area contributed by atoms with Gasteiger partial charge in [0.2, 0.25) is 0 Å². The van der Waals surface area contributed by atoms with E-state index in [0.717, 1.165) is 37.2 Å². The molecule has 0 unspecified atom stereocenters. The molecule has 1 aliphatic carbocycles. The molecule has 0 spiro atoms. The summed E-state index contributed by atoms with van der Waals surface area (Å²) in [5.41, 5.74) is 4.12. The number of aromatic amines is 1. The van der Waals surface area contributed by atoms with Gasteiger partial charge in [-0.1, -0.05) is 0 Å². The van der Waals surface area contributed by atoms with Crippen molar-refractivity contribution in [1.29, 1.82) is 5.26 Å². The lowest BCUT2D eigenvalue weighted by atomic mass is 9.95. The molecule has 0 aliphatic heterocycles. The Bertz CT molecular complexity index is 624. The van der Waals surface area contributed by atoms with Crippen LogP contribution in [0.3, 0.4) is 0 Å². The number of hydrogen-bond acceptors (Lipinski definition) is 4. The molecule has 2 aromatic rings. The molecule has 2 aromatic heterocycles. The Hall–Kier alpha value is -2.35. The Morgan fingerprint density at radius 1 is 1.35 bits per heavy atom. The predicted octanol–water partition coefficient (Wildman–Crippen LogP) is 2.21. The van der Waals surface area contributed by atoms with E-state index in [2.05, 4.69) is 26.3 Å². The van der Waals surface area contributed by atoms with Gasteiger partial charge >= 0.3 is 0 Å². The SMILES string of the molecule is N#Cc1cc2c(nc1NCCc1cnc[nH]1)CCCC2. The van der Waals surface area contributed by atoms with E-state index in [4.69, 9.17) is 0 Å². The van der Waals surface area contributed by atoms with E-state index in [1.54, 1.807) is 6.33 Å². The lowest BCUT2D eigenvalue weighted by molar-refractivity contribution is 0.668. The molecule has 2 N–H and O–H groups in total. The van der Waals surface area contributed by atoms with Gasteiger partial charge in [0.05, 0.1) is 11.9 Å². The van der Waals surface area contributed by atoms with Gasteiger partial charge < -0.3 is 10.3 Å². The zero-order valence-corrected chi connectivity index (χ0v) is 11.3. The average molecular weight is 267 g/mol. The lowest BCUT2D eigenvalue weighted by Crippen LogP contribution is -2.12. The normalized spacial score (nSPS) is 13.6. The van der Waals surface area contributed by atoms with Crippen LogP contribution in [0, 0.1) is 11.3 Å². The van der Waals surface area contributed by atoms with Gasteiger partial charge in [-0.15, -0.1) is 0 Å². The topological polar surface area (TPSA) is 77.4 Å². The molecule has 0 amide bonds. The van der Waals surface area contributed by atoms with E-state index < -0.39 is 0 Å². The smallest absolute Gasteiger partial charge is 0.144 e. The fraction of sp³-hybridized carbons (Fsp3) is 0.400. The monoisotopic (exact) mass is 267 g/mol. The summed E-state index contributed by atoms with van der Waals surface area (Å²) in [5.74, 6) is 0.715. The molecule has 0 aromatic carbocycles. The molecule has 20 heavy (non-hydrogen) atoms. The van der Waals surface area contributed by atoms with Crippen LogP contribution in [0.2, 0.25) is 0 Å². The van der Waals surface area contributed by atoms with Gasteiger partial charge in [-0.3, -0.25) is 0 Å². The van der Waals surface area contributed by atoms with Crippen LogP contribution in [-0.4, -0.2) is 21.5 Å². The number of aromatic nitrogens is 3. The number of fused-ring (bicyclic) bond motifs is 1. The van der Waals surface area contributed by atoms with Crippen molar-refractivity contribution in [1.82, 2.24) is 15.0 Å². The first kappa shape index (κ1) is 12.7. The molecular weight excluding hydrogens is 250 g/mol. The number of anilines is 1. The van der Waals surface area contributed by atoms with Gasteiger partial charge in [0, 0.05) is 30.6 Å². The number of nitrogens with zero attached hydrogens (tertiary/aromatic N) is 3.